The van der Waals surface area contributed by atoms with Gasteiger partial charge in [0.15, 0.2) is 0 Å². The Morgan fingerprint density at radius 3 is 2.79 bits per heavy atom. The number of ether oxygens (including phenoxy) is 2. The van der Waals surface area contributed by atoms with E-state index in [0.717, 1.165) is 41.1 Å². The first-order valence-corrected chi connectivity index (χ1v) is 12.5. The van der Waals surface area contributed by atoms with Crippen molar-refractivity contribution in [2.75, 3.05) is 62.8 Å². The number of carbonyl (C=O) groups excluding carboxylic acids is 2. The Labute approximate surface area is 201 Å². The molecule has 3 N–H and O–H groups in total. The number of nitrogens with zero attached hydrogens (tertiary/aromatic N) is 4. The zero-order valence-corrected chi connectivity index (χ0v) is 19.6. The van der Waals surface area contributed by atoms with Crippen molar-refractivity contribution in [3.05, 3.63) is 29.3 Å². The van der Waals surface area contributed by atoms with Crippen LogP contribution in [0.15, 0.2) is 24.4 Å². The van der Waals surface area contributed by atoms with Gasteiger partial charge in [0, 0.05) is 50.7 Å². The van der Waals surface area contributed by atoms with Crippen molar-refractivity contribution in [2.45, 2.75) is 24.7 Å². The smallest absolute Gasteiger partial charge is 0.261 e. The minimum Gasteiger partial charge on any atom is -0.372 e. The predicted molar refractivity (Wildman–Crippen MR) is 129 cm³/mol. The molecule has 0 bridgehead atoms. The molecule has 3 saturated heterocycles. The van der Waals surface area contributed by atoms with E-state index in [1.165, 1.54) is 11.3 Å². The minimum atomic E-state index is -0.442. The number of carbonyl (C=O) groups is 2. The first-order chi connectivity index (χ1) is 16.6. The second-order valence-electron chi connectivity index (χ2n) is 9.15. The number of thiophene rings is 1. The van der Waals surface area contributed by atoms with Crippen LogP contribution in [0.5, 0.6) is 0 Å². The van der Waals surface area contributed by atoms with Crippen LogP contribution in [0.3, 0.4) is 0 Å². The maximum atomic E-state index is 12.9. The molecule has 6 rings (SSSR count). The summed E-state index contributed by atoms with van der Waals surface area (Å²) < 4.78 is 11.5. The number of anilines is 2. The third-order valence-corrected chi connectivity index (χ3v) is 8.20. The van der Waals surface area contributed by atoms with Crippen molar-refractivity contribution in [3.8, 4) is 0 Å². The van der Waals surface area contributed by atoms with Crippen LogP contribution in [-0.4, -0.2) is 97.5 Å². The summed E-state index contributed by atoms with van der Waals surface area (Å²) in [6.45, 7) is 5.54. The van der Waals surface area contributed by atoms with Crippen molar-refractivity contribution in [2.24, 2.45) is 5.73 Å². The van der Waals surface area contributed by atoms with E-state index in [1.807, 2.05) is 17.0 Å². The monoisotopic (exact) mass is 484 g/mol. The highest BCUT2D eigenvalue weighted by atomic mass is 32.1. The molecule has 6 heterocycles. The maximum absolute atomic E-state index is 12.9. The van der Waals surface area contributed by atoms with E-state index in [2.05, 4.69) is 20.1 Å². The number of nitrogens with one attached hydrogen (secondary N) is 1. The summed E-state index contributed by atoms with van der Waals surface area (Å²) in [7, 11) is 0. The molecule has 2 amide bonds. The van der Waals surface area contributed by atoms with E-state index in [1.54, 1.807) is 12.3 Å². The first-order valence-electron chi connectivity index (χ1n) is 11.7. The average molecular weight is 485 g/mol. The van der Waals surface area contributed by atoms with Crippen molar-refractivity contribution >= 4 is 44.7 Å². The molecule has 0 radical (unpaired) electrons. The average Bonchev–Trinajstić information content (AvgIpc) is 3.57. The summed E-state index contributed by atoms with van der Waals surface area (Å²) in [4.78, 5) is 37.1. The van der Waals surface area contributed by atoms with Crippen LogP contribution < -0.4 is 16.0 Å². The van der Waals surface area contributed by atoms with Crippen LogP contribution >= 0.6 is 11.3 Å². The summed E-state index contributed by atoms with van der Waals surface area (Å²) in [6, 6.07) is 2.02. The molecule has 0 unspecified atom stereocenters. The quantitative estimate of drug-likeness (QED) is 0.601. The van der Waals surface area contributed by atoms with Gasteiger partial charge in [0.2, 0.25) is 5.91 Å². The van der Waals surface area contributed by atoms with Gasteiger partial charge in [-0.3, -0.25) is 14.5 Å². The Morgan fingerprint density at radius 1 is 1.24 bits per heavy atom. The summed E-state index contributed by atoms with van der Waals surface area (Å²) in [5.41, 5.74) is 7.53. The highest BCUT2D eigenvalue weighted by molar-refractivity contribution is 7.21. The van der Waals surface area contributed by atoms with Gasteiger partial charge >= 0.3 is 0 Å². The molecule has 0 aromatic carbocycles. The number of primary amides is 1. The van der Waals surface area contributed by atoms with Gasteiger partial charge in [-0.2, -0.15) is 0 Å². The largest absolute Gasteiger partial charge is 0.372 e. The van der Waals surface area contributed by atoms with Gasteiger partial charge in [0.1, 0.15) is 9.71 Å². The molecule has 4 aliphatic rings. The fourth-order valence-electron chi connectivity index (χ4n) is 5.45. The molecule has 10 nitrogen and oxygen atoms in total. The Hall–Kier alpha value is -2.73. The number of rotatable bonds is 5. The lowest BCUT2D eigenvalue weighted by Gasteiger charge is -2.35. The molecule has 3 atom stereocenters. The molecule has 2 aromatic rings. The van der Waals surface area contributed by atoms with Crippen LogP contribution in [0.1, 0.15) is 16.1 Å². The second kappa shape index (κ2) is 8.81. The molecule has 2 aromatic heterocycles. The molecule has 0 aliphatic carbocycles. The van der Waals surface area contributed by atoms with Crippen molar-refractivity contribution < 1.29 is 19.1 Å². The molecule has 11 heteroatoms. The standard InChI is InChI=1S/C23H28N6O4S/c24-22(31)21-20-19-15(3-5-25-23(19)34-21)26-13-29(20)14-4-7-28(10-14)18(30)2-1-6-27-11-16-17(12-27)33-9-8-32-16/h1-3,5,14,16-17,26H,4,6-13H2,(H2,24,31)/b2-1+/t14-,16-,17+/m1/s1. The number of amides is 2. The fourth-order valence-corrected chi connectivity index (χ4v) is 6.48. The molecule has 4 aliphatic heterocycles. The first kappa shape index (κ1) is 21.8. The summed E-state index contributed by atoms with van der Waals surface area (Å²) in [6.07, 6.45) is 6.47. The van der Waals surface area contributed by atoms with Gasteiger partial charge in [-0.25, -0.2) is 4.98 Å². The van der Waals surface area contributed by atoms with E-state index < -0.39 is 5.91 Å². The van der Waals surface area contributed by atoms with Crippen LogP contribution in [-0.2, 0) is 14.3 Å². The number of pyridine rings is 1. The summed E-state index contributed by atoms with van der Waals surface area (Å²) >= 11 is 1.33. The third-order valence-electron chi connectivity index (χ3n) is 7.10. The van der Waals surface area contributed by atoms with Gasteiger partial charge in [-0.05, 0) is 12.5 Å². The zero-order valence-electron chi connectivity index (χ0n) is 18.8. The molecule has 3 fully saturated rings. The predicted octanol–water partition coefficient (Wildman–Crippen LogP) is 0.841. The van der Waals surface area contributed by atoms with Crippen molar-refractivity contribution in [1.29, 1.82) is 0 Å². The van der Waals surface area contributed by atoms with Crippen LogP contribution in [0.2, 0.25) is 0 Å². The maximum Gasteiger partial charge on any atom is 0.261 e. The van der Waals surface area contributed by atoms with Crippen LogP contribution in [0.4, 0.5) is 11.4 Å². The number of hydrogen-bond acceptors (Lipinski definition) is 9. The normalized spacial score (nSPS) is 26.9. The highest BCUT2D eigenvalue weighted by Crippen LogP contribution is 2.44. The molecule has 0 saturated carbocycles. The van der Waals surface area contributed by atoms with E-state index in [4.69, 9.17) is 15.2 Å². The number of aromatic nitrogens is 1. The Balaban J connectivity index is 1.11. The second-order valence-corrected chi connectivity index (χ2v) is 10.2. The zero-order chi connectivity index (χ0) is 23.2. The van der Waals surface area contributed by atoms with E-state index in [0.29, 0.717) is 44.4 Å². The van der Waals surface area contributed by atoms with Gasteiger partial charge in [-0.1, -0.05) is 6.08 Å². The number of fused-ring (bicyclic) bond motifs is 1. The van der Waals surface area contributed by atoms with E-state index in [-0.39, 0.29) is 24.2 Å². The molecule has 0 spiro atoms. The van der Waals surface area contributed by atoms with Gasteiger partial charge in [-0.15, -0.1) is 11.3 Å². The van der Waals surface area contributed by atoms with Gasteiger partial charge < -0.3 is 30.3 Å². The SMILES string of the molecule is NC(=O)c1sc2nccc3c2c1N([C@@H]1CCN(C(=O)/C=C/CN2C[C@@H]4OCCO[C@@H]4C2)C1)CN3. The number of hydrogen-bond donors (Lipinski definition) is 2. The Kier molecular flexibility index (Phi) is 5.64. The van der Waals surface area contributed by atoms with Crippen molar-refractivity contribution in [1.82, 2.24) is 14.8 Å². The van der Waals surface area contributed by atoms with Crippen LogP contribution in [0.25, 0.3) is 10.2 Å². The molecule has 180 valence electrons. The fraction of sp³-hybridized carbons (Fsp3) is 0.522. The Morgan fingerprint density at radius 2 is 2.03 bits per heavy atom. The molecular formula is C23H28N6O4S. The lowest BCUT2D eigenvalue weighted by molar-refractivity contribution is -0.125. The molecular weight excluding hydrogens is 456 g/mol. The molecule has 34 heavy (non-hydrogen) atoms. The van der Waals surface area contributed by atoms with Crippen LogP contribution in [0, 0.1) is 0 Å². The highest BCUT2D eigenvalue weighted by Gasteiger charge is 2.37. The topological polar surface area (TPSA) is 113 Å². The number of likely N-dealkylation sites (tertiary alicyclic amines) is 2. The van der Waals surface area contributed by atoms with E-state index >= 15 is 0 Å². The Bertz CT molecular complexity index is 1140. The lowest BCUT2D eigenvalue weighted by atomic mass is 10.1. The van der Waals surface area contributed by atoms with E-state index in [9.17, 15) is 9.59 Å². The third kappa shape index (κ3) is 3.82. The van der Waals surface area contributed by atoms with Crippen molar-refractivity contribution in [3.63, 3.8) is 0 Å². The lowest BCUT2D eigenvalue weighted by Crippen LogP contribution is -2.43. The van der Waals surface area contributed by atoms with Gasteiger partial charge in [0.05, 0.1) is 49.2 Å². The summed E-state index contributed by atoms with van der Waals surface area (Å²) in [5.74, 6) is -0.425. The number of nitrogens with two attached hydrogens (primary N) is 1. The minimum absolute atomic E-state index is 0.0178. The van der Waals surface area contributed by atoms with Gasteiger partial charge in [0.25, 0.3) is 5.91 Å². The summed E-state index contributed by atoms with van der Waals surface area (Å²) in [5, 5.41) is 4.38.